The minimum absolute atomic E-state index is 0.0737. The summed E-state index contributed by atoms with van der Waals surface area (Å²) in [5.41, 5.74) is 2.17. The van der Waals surface area contributed by atoms with Crippen LogP contribution in [-0.2, 0) is 6.42 Å². The first-order chi connectivity index (χ1) is 8.42. The molecule has 0 bridgehead atoms. The molecule has 0 spiro atoms. The first-order valence-corrected chi connectivity index (χ1v) is 6.79. The molecule has 1 rings (SSSR count). The van der Waals surface area contributed by atoms with Gasteiger partial charge in [-0.25, -0.2) is 0 Å². The zero-order valence-electron chi connectivity index (χ0n) is 12.0. The summed E-state index contributed by atoms with van der Waals surface area (Å²) in [6.45, 7) is 9.22. The van der Waals surface area contributed by atoms with Gasteiger partial charge in [-0.3, -0.25) is 4.79 Å². The Morgan fingerprint density at radius 2 is 2.00 bits per heavy atom. The summed E-state index contributed by atoms with van der Waals surface area (Å²) < 4.78 is 0. The van der Waals surface area contributed by atoms with Crippen LogP contribution < -0.4 is 5.32 Å². The summed E-state index contributed by atoms with van der Waals surface area (Å²) in [5, 5.41) is 3.34. The fraction of sp³-hybridized carbons (Fsp3) is 0.562. The van der Waals surface area contributed by atoms with Crippen LogP contribution in [0.2, 0.25) is 0 Å². The molecule has 1 N–H and O–H groups in total. The Balaban J connectivity index is 2.53. The largest absolute Gasteiger partial charge is 0.312 e. The molecule has 2 nitrogen and oxygen atoms in total. The van der Waals surface area contributed by atoms with Crippen molar-refractivity contribution in [2.45, 2.75) is 52.5 Å². The number of Topliss-reactive ketones (excluding diaryl/α,β-unsaturated/α-hetero) is 1. The van der Waals surface area contributed by atoms with Crippen molar-refractivity contribution in [3.05, 3.63) is 35.4 Å². The summed E-state index contributed by atoms with van der Waals surface area (Å²) in [6.07, 6.45) is 2.72. The van der Waals surface area contributed by atoms with E-state index in [4.69, 9.17) is 0 Å². The number of hydrogen-bond donors (Lipinski definition) is 1. The van der Waals surface area contributed by atoms with E-state index >= 15 is 0 Å². The maximum Gasteiger partial charge on any atom is 0.164 e. The van der Waals surface area contributed by atoms with E-state index in [-0.39, 0.29) is 11.3 Å². The number of carbonyl (C=O) groups excluding carboxylic acids is 1. The fourth-order valence-corrected chi connectivity index (χ4v) is 1.88. The van der Waals surface area contributed by atoms with Crippen molar-refractivity contribution in [2.24, 2.45) is 0 Å². The lowest BCUT2D eigenvalue weighted by molar-refractivity contribution is 0.0980. The monoisotopic (exact) mass is 247 g/mol. The minimum Gasteiger partial charge on any atom is -0.312 e. The zero-order valence-corrected chi connectivity index (χ0v) is 12.0. The molecule has 0 unspecified atom stereocenters. The zero-order chi connectivity index (χ0) is 13.6. The lowest BCUT2D eigenvalue weighted by Gasteiger charge is -2.20. The van der Waals surface area contributed by atoms with Crippen LogP contribution in [0.1, 0.15) is 56.5 Å². The van der Waals surface area contributed by atoms with Crippen molar-refractivity contribution in [2.75, 3.05) is 6.54 Å². The molecule has 1 aromatic carbocycles. The highest BCUT2D eigenvalue weighted by Gasteiger charge is 2.11. The van der Waals surface area contributed by atoms with E-state index in [1.165, 1.54) is 5.56 Å². The average molecular weight is 247 g/mol. The highest BCUT2D eigenvalue weighted by Crippen LogP contribution is 2.10. The van der Waals surface area contributed by atoms with Crippen molar-refractivity contribution in [3.8, 4) is 0 Å². The lowest BCUT2D eigenvalue weighted by Crippen LogP contribution is -2.37. The predicted octanol–water partition coefficient (Wildman–Crippen LogP) is 3.60. The molecule has 0 aliphatic rings. The molecular formula is C16H25NO. The number of carbonyl (C=O) groups is 1. The smallest absolute Gasteiger partial charge is 0.164 e. The number of ketones is 1. The van der Waals surface area contributed by atoms with Gasteiger partial charge in [-0.05, 0) is 38.8 Å². The Labute approximate surface area is 111 Å². The molecule has 0 aromatic heterocycles. The predicted molar refractivity (Wildman–Crippen MR) is 77.1 cm³/mol. The molecule has 0 aliphatic carbocycles. The van der Waals surface area contributed by atoms with Gasteiger partial charge in [-0.2, -0.15) is 0 Å². The van der Waals surface area contributed by atoms with E-state index in [2.05, 4.69) is 39.1 Å². The van der Waals surface area contributed by atoms with Crippen molar-refractivity contribution in [1.29, 1.82) is 0 Å². The molecule has 0 saturated heterocycles. The molecule has 0 heterocycles. The maximum absolute atomic E-state index is 12.0. The molecule has 1 aromatic rings. The van der Waals surface area contributed by atoms with Crippen LogP contribution in [0.5, 0.6) is 0 Å². The lowest BCUT2D eigenvalue weighted by atomic mass is 10.0. The molecule has 2 heteroatoms. The highest BCUT2D eigenvalue weighted by atomic mass is 16.1. The van der Waals surface area contributed by atoms with Gasteiger partial charge < -0.3 is 5.32 Å². The third kappa shape index (κ3) is 5.46. The number of aryl methyl sites for hydroxylation is 1. The van der Waals surface area contributed by atoms with Crippen molar-refractivity contribution in [3.63, 3.8) is 0 Å². The van der Waals surface area contributed by atoms with Gasteiger partial charge in [-0.15, -0.1) is 0 Å². The van der Waals surface area contributed by atoms with Crippen molar-refractivity contribution < 1.29 is 4.79 Å². The Morgan fingerprint density at radius 3 is 2.61 bits per heavy atom. The molecule has 100 valence electrons. The Morgan fingerprint density at radius 1 is 1.28 bits per heavy atom. The van der Waals surface area contributed by atoms with E-state index in [9.17, 15) is 4.79 Å². The molecule has 0 radical (unpaired) electrons. The van der Waals surface area contributed by atoms with Gasteiger partial charge in [0.15, 0.2) is 5.78 Å². The molecule has 0 atom stereocenters. The normalized spacial score (nSPS) is 11.6. The molecule has 0 amide bonds. The summed E-state index contributed by atoms with van der Waals surface area (Å²) in [6, 6.07) is 8.02. The van der Waals surface area contributed by atoms with Crippen LogP contribution in [-0.4, -0.2) is 17.9 Å². The van der Waals surface area contributed by atoms with E-state index in [1.807, 2.05) is 18.2 Å². The van der Waals surface area contributed by atoms with Gasteiger partial charge in [-0.1, -0.05) is 31.5 Å². The number of benzene rings is 1. The minimum atomic E-state index is 0.0737. The SMILES string of the molecule is CCCc1cccc(C(=O)CCNC(C)(C)C)c1. The van der Waals surface area contributed by atoms with Gasteiger partial charge in [0.2, 0.25) is 0 Å². The topological polar surface area (TPSA) is 29.1 Å². The summed E-state index contributed by atoms with van der Waals surface area (Å²) in [4.78, 5) is 12.0. The summed E-state index contributed by atoms with van der Waals surface area (Å²) >= 11 is 0. The van der Waals surface area contributed by atoms with E-state index in [1.54, 1.807) is 0 Å². The molecule has 0 fully saturated rings. The van der Waals surface area contributed by atoms with E-state index in [0.717, 1.165) is 24.9 Å². The third-order valence-corrected chi connectivity index (χ3v) is 2.80. The number of nitrogens with one attached hydrogen (secondary N) is 1. The van der Waals surface area contributed by atoms with Crippen LogP contribution in [0.15, 0.2) is 24.3 Å². The number of hydrogen-bond acceptors (Lipinski definition) is 2. The quantitative estimate of drug-likeness (QED) is 0.778. The Hall–Kier alpha value is -1.15. The molecule has 0 saturated carbocycles. The van der Waals surface area contributed by atoms with Crippen LogP contribution in [0.3, 0.4) is 0 Å². The second-order valence-electron chi connectivity index (χ2n) is 5.80. The second kappa shape index (κ2) is 6.69. The van der Waals surface area contributed by atoms with E-state index in [0.29, 0.717) is 6.42 Å². The standard InChI is InChI=1S/C16H25NO/c1-5-7-13-8-6-9-14(12-13)15(18)10-11-17-16(2,3)4/h6,8-9,12,17H,5,7,10-11H2,1-4H3. The Bertz CT molecular complexity index is 390. The van der Waals surface area contributed by atoms with Crippen LogP contribution in [0.4, 0.5) is 0 Å². The first-order valence-electron chi connectivity index (χ1n) is 6.79. The van der Waals surface area contributed by atoms with E-state index < -0.39 is 0 Å². The van der Waals surface area contributed by atoms with Gasteiger partial charge in [0, 0.05) is 24.1 Å². The average Bonchev–Trinajstić information content (AvgIpc) is 2.28. The van der Waals surface area contributed by atoms with Gasteiger partial charge in [0.25, 0.3) is 0 Å². The van der Waals surface area contributed by atoms with Gasteiger partial charge in [0.05, 0.1) is 0 Å². The molecular weight excluding hydrogens is 222 g/mol. The number of rotatable bonds is 6. The van der Waals surface area contributed by atoms with Crippen LogP contribution in [0.25, 0.3) is 0 Å². The third-order valence-electron chi connectivity index (χ3n) is 2.80. The first kappa shape index (κ1) is 14.9. The van der Waals surface area contributed by atoms with Crippen LogP contribution >= 0.6 is 0 Å². The Kier molecular flexibility index (Phi) is 5.54. The van der Waals surface area contributed by atoms with Crippen molar-refractivity contribution >= 4 is 5.78 Å². The van der Waals surface area contributed by atoms with Gasteiger partial charge in [0.1, 0.15) is 0 Å². The highest BCUT2D eigenvalue weighted by molar-refractivity contribution is 5.96. The fourth-order valence-electron chi connectivity index (χ4n) is 1.88. The summed E-state index contributed by atoms with van der Waals surface area (Å²) in [5.74, 6) is 0.227. The summed E-state index contributed by atoms with van der Waals surface area (Å²) in [7, 11) is 0. The maximum atomic E-state index is 12.0. The van der Waals surface area contributed by atoms with Crippen molar-refractivity contribution in [1.82, 2.24) is 5.32 Å². The second-order valence-corrected chi connectivity index (χ2v) is 5.80. The molecule has 18 heavy (non-hydrogen) atoms. The van der Waals surface area contributed by atoms with Gasteiger partial charge >= 0.3 is 0 Å². The molecule has 0 aliphatic heterocycles. The van der Waals surface area contributed by atoms with Crippen LogP contribution in [0, 0.1) is 0 Å².